The Kier molecular flexibility index (Phi) is 5.44. The van der Waals surface area contributed by atoms with Gasteiger partial charge in [-0.3, -0.25) is 14.6 Å². The molecule has 26 heavy (non-hydrogen) atoms. The van der Waals surface area contributed by atoms with Crippen LogP contribution in [0, 0.1) is 0 Å². The summed E-state index contributed by atoms with van der Waals surface area (Å²) in [6.45, 7) is 4.61. The number of halogens is 2. The number of amides is 2. The predicted molar refractivity (Wildman–Crippen MR) is 104 cm³/mol. The molecule has 1 aliphatic heterocycles. The monoisotopic (exact) mass is 393 g/mol. The van der Waals surface area contributed by atoms with Crippen LogP contribution in [0.25, 0.3) is 0 Å². The third-order valence-electron chi connectivity index (χ3n) is 4.63. The van der Waals surface area contributed by atoms with Crippen LogP contribution in [0.3, 0.4) is 0 Å². The molecule has 0 atom stereocenters. The molecule has 1 heterocycles. The van der Waals surface area contributed by atoms with Crippen molar-refractivity contribution in [3.05, 3.63) is 64.1 Å². The van der Waals surface area contributed by atoms with E-state index in [0.29, 0.717) is 23.4 Å². The van der Waals surface area contributed by atoms with Crippen molar-refractivity contribution in [2.75, 3.05) is 25.3 Å². The highest BCUT2D eigenvalue weighted by molar-refractivity contribution is 6.34. The summed E-state index contributed by atoms with van der Waals surface area (Å²) in [6, 6.07) is 14.8. The zero-order chi connectivity index (χ0) is 18.9. The van der Waals surface area contributed by atoms with E-state index in [4.69, 9.17) is 28.0 Å². The Hall–Kier alpha value is -1.79. The Bertz CT molecular complexity index is 778. The largest absolute Gasteiger partial charge is 0.327 e. The van der Waals surface area contributed by atoms with E-state index in [9.17, 15) is 4.79 Å². The second-order valence-corrected chi connectivity index (χ2v) is 7.51. The lowest BCUT2D eigenvalue weighted by Gasteiger charge is -2.48. The van der Waals surface area contributed by atoms with E-state index in [-0.39, 0.29) is 6.03 Å². The lowest BCUT2D eigenvalue weighted by Crippen LogP contribution is -2.62. The molecule has 3 rings (SSSR count). The summed E-state index contributed by atoms with van der Waals surface area (Å²) in [4.78, 5) is 22.2. The maximum absolute atomic E-state index is 13.3. The highest BCUT2D eigenvalue weighted by Gasteiger charge is 2.41. The smallest absolute Gasteiger partial charge is 0.300 e. The first kappa shape index (κ1) is 19.0. The quantitative estimate of drug-likeness (QED) is 0.736. The van der Waals surface area contributed by atoms with Gasteiger partial charge in [-0.05, 0) is 49.7 Å². The van der Waals surface area contributed by atoms with Gasteiger partial charge in [0.2, 0.25) is 0 Å². The predicted octanol–water partition coefficient (Wildman–Crippen LogP) is 4.95. The van der Waals surface area contributed by atoms with Crippen molar-refractivity contribution in [2.24, 2.45) is 0 Å². The second kappa shape index (κ2) is 7.45. The second-order valence-electron chi connectivity index (χ2n) is 6.64. The number of para-hydroxylation sites is 1. The van der Waals surface area contributed by atoms with Gasteiger partial charge in [-0.15, -0.1) is 5.06 Å². The summed E-state index contributed by atoms with van der Waals surface area (Å²) in [5, 5.41) is 2.80. The maximum Gasteiger partial charge on any atom is 0.327 e. The van der Waals surface area contributed by atoms with Crippen LogP contribution in [0.15, 0.2) is 48.5 Å². The Balaban J connectivity index is 2.00. The Morgan fingerprint density at radius 2 is 1.62 bits per heavy atom. The number of rotatable bonds is 4. The van der Waals surface area contributed by atoms with E-state index in [1.165, 1.54) is 0 Å². The molecule has 0 bridgehead atoms. The highest BCUT2D eigenvalue weighted by atomic mass is 35.5. The fourth-order valence-corrected chi connectivity index (χ4v) is 3.55. The molecule has 5 nitrogen and oxygen atoms in total. The van der Waals surface area contributed by atoms with E-state index >= 15 is 0 Å². The molecule has 0 aliphatic carbocycles. The molecule has 138 valence electrons. The van der Waals surface area contributed by atoms with Crippen LogP contribution in [-0.4, -0.2) is 36.4 Å². The lowest BCUT2D eigenvalue weighted by atomic mass is 9.92. The van der Waals surface area contributed by atoms with E-state index in [1.54, 1.807) is 28.0 Å². The fraction of sp³-hybridized carbons (Fsp3) is 0.316. The summed E-state index contributed by atoms with van der Waals surface area (Å²) < 4.78 is 0. The van der Waals surface area contributed by atoms with Crippen LogP contribution >= 0.6 is 23.2 Å². The topological polar surface area (TPSA) is 36.0 Å². The van der Waals surface area contributed by atoms with Gasteiger partial charge >= 0.3 is 6.03 Å². The minimum atomic E-state index is -0.643. The van der Waals surface area contributed by atoms with Crippen molar-refractivity contribution >= 4 is 34.9 Å². The first-order valence-corrected chi connectivity index (χ1v) is 8.98. The van der Waals surface area contributed by atoms with Crippen LogP contribution in [0.4, 0.5) is 10.5 Å². The normalized spacial score (nSPS) is 16.3. The Labute approximate surface area is 163 Å². The van der Waals surface area contributed by atoms with E-state index in [1.807, 2.05) is 56.3 Å². The minimum absolute atomic E-state index is 0.106. The Morgan fingerprint density at radius 1 is 1.00 bits per heavy atom. The van der Waals surface area contributed by atoms with Crippen molar-refractivity contribution in [1.29, 1.82) is 0 Å². The fourth-order valence-electron chi connectivity index (χ4n) is 3.02. The first-order chi connectivity index (χ1) is 12.3. The Morgan fingerprint density at radius 3 is 2.19 bits per heavy atom. The van der Waals surface area contributed by atoms with Crippen molar-refractivity contribution in [3.63, 3.8) is 0 Å². The van der Waals surface area contributed by atoms with Crippen molar-refractivity contribution in [2.45, 2.75) is 19.4 Å². The van der Waals surface area contributed by atoms with Crippen LogP contribution in [0.5, 0.6) is 0 Å². The highest BCUT2D eigenvalue weighted by Crippen LogP contribution is 2.35. The average molecular weight is 394 g/mol. The molecule has 0 N–H and O–H groups in total. The molecule has 0 aromatic heterocycles. The summed E-state index contributed by atoms with van der Waals surface area (Å²) >= 11 is 12.4. The number of anilines is 1. The van der Waals surface area contributed by atoms with Crippen molar-refractivity contribution in [1.82, 2.24) is 9.96 Å². The van der Waals surface area contributed by atoms with Crippen LogP contribution in [0.1, 0.15) is 19.4 Å². The van der Waals surface area contributed by atoms with Crippen LogP contribution < -0.4 is 4.90 Å². The van der Waals surface area contributed by atoms with E-state index in [0.717, 1.165) is 11.3 Å². The molecule has 2 aromatic carbocycles. The first-order valence-electron chi connectivity index (χ1n) is 8.22. The summed E-state index contributed by atoms with van der Waals surface area (Å²) in [6.07, 6.45) is 0. The molecular formula is C19H21Cl2N3O2. The lowest BCUT2D eigenvalue weighted by molar-refractivity contribution is -0.169. The third-order valence-corrected chi connectivity index (χ3v) is 5.07. The standard InChI is InChI=1S/C19H21Cl2N3O2/c1-19(2,14-9-15(20)11-16(21)10-14)24-13-22(26-3)12-23(18(24)25)17-7-5-4-6-8-17/h4-11H,12-13H2,1-3H3. The number of carbonyl (C=O) groups excluding carboxylic acids is 1. The minimum Gasteiger partial charge on any atom is -0.300 e. The molecular weight excluding hydrogens is 373 g/mol. The summed E-state index contributed by atoms with van der Waals surface area (Å²) in [5.74, 6) is 0. The van der Waals surface area contributed by atoms with Gasteiger partial charge in [0.15, 0.2) is 0 Å². The van der Waals surface area contributed by atoms with Crippen LogP contribution in [0.2, 0.25) is 10.0 Å². The average Bonchev–Trinajstić information content (AvgIpc) is 2.61. The zero-order valence-corrected chi connectivity index (χ0v) is 16.5. The van der Waals surface area contributed by atoms with Gasteiger partial charge in [-0.1, -0.05) is 41.4 Å². The van der Waals surface area contributed by atoms with Gasteiger partial charge < -0.3 is 0 Å². The summed E-state index contributed by atoms with van der Waals surface area (Å²) in [5.41, 5.74) is 1.02. The van der Waals surface area contributed by atoms with Gasteiger partial charge in [0.25, 0.3) is 0 Å². The summed E-state index contributed by atoms with van der Waals surface area (Å²) in [7, 11) is 1.60. The number of nitrogens with zero attached hydrogens (tertiary/aromatic N) is 3. The van der Waals surface area contributed by atoms with Crippen molar-refractivity contribution in [3.8, 4) is 0 Å². The van der Waals surface area contributed by atoms with Gasteiger partial charge in [0.05, 0.1) is 12.6 Å². The third kappa shape index (κ3) is 3.67. The van der Waals surface area contributed by atoms with E-state index in [2.05, 4.69) is 0 Å². The number of hydroxylamine groups is 2. The number of hydrogen-bond acceptors (Lipinski definition) is 3. The van der Waals surface area contributed by atoms with E-state index < -0.39 is 5.54 Å². The number of benzene rings is 2. The molecule has 1 aliphatic rings. The molecule has 1 saturated heterocycles. The molecule has 0 unspecified atom stereocenters. The van der Waals surface area contributed by atoms with Crippen LogP contribution in [-0.2, 0) is 10.4 Å². The van der Waals surface area contributed by atoms with Gasteiger partial charge in [0.1, 0.15) is 13.3 Å². The molecule has 0 saturated carbocycles. The number of carbonyl (C=O) groups is 1. The van der Waals surface area contributed by atoms with Gasteiger partial charge in [0, 0.05) is 15.7 Å². The molecule has 1 fully saturated rings. The number of urea groups is 1. The molecule has 0 radical (unpaired) electrons. The zero-order valence-electron chi connectivity index (χ0n) is 14.9. The van der Waals surface area contributed by atoms with Gasteiger partial charge in [-0.2, -0.15) is 0 Å². The number of hydrogen-bond donors (Lipinski definition) is 0. The molecule has 2 amide bonds. The molecule has 2 aromatic rings. The molecule has 0 spiro atoms. The SMILES string of the molecule is CON1CN(c2ccccc2)C(=O)N(C(C)(C)c2cc(Cl)cc(Cl)c2)C1. The molecule has 7 heteroatoms. The van der Waals surface area contributed by atoms with Gasteiger partial charge in [-0.25, -0.2) is 4.79 Å². The maximum atomic E-state index is 13.3. The van der Waals surface area contributed by atoms with Crippen molar-refractivity contribution < 1.29 is 9.63 Å².